The van der Waals surface area contributed by atoms with Crippen LogP contribution in [0, 0.1) is 6.92 Å². The lowest BCUT2D eigenvalue weighted by molar-refractivity contribution is 0.210. The summed E-state index contributed by atoms with van der Waals surface area (Å²) < 4.78 is 8.23. The highest BCUT2D eigenvalue weighted by Gasteiger charge is 2.19. The Labute approximate surface area is 178 Å². The molecule has 0 radical (unpaired) electrons. The predicted molar refractivity (Wildman–Crippen MR) is 121 cm³/mol. The fraction of sp³-hybridized carbons (Fsp3) is 0.333. The van der Waals surface area contributed by atoms with Crippen molar-refractivity contribution in [2.45, 2.75) is 57.2 Å². The number of ether oxygens (including phenoxy) is 1. The van der Waals surface area contributed by atoms with E-state index >= 15 is 0 Å². The van der Waals surface area contributed by atoms with E-state index in [9.17, 15) is 0 Å². The summed E-state index contributed by atoms with van der Waals surface area (Å²) in [4.78, 5) is 0. The van der Waals surface area contributed by atoms with Crippen LogP contribution in [-0.2, 0) is 12.3 Å². The fourth-order valence-corrected chi connectivity index (χ4v) is 4.04. The molecule has 29 heavy (non-hydrogen) atoms. The van der Waals surface area contributed by atoms with Crippen LogP contribution in [0.5, 0.6) is 5.75 Å². The molecule has 1 unspecified atom stereocenters. The Morgan fingerprint density at radius 3 is 2.52 bits per heavy atom. The molecule has 0 amide bonds. The van der Waals surface area contributed by atoms with Crippen molar-refractivity contribution in [2.75, 3.05) is 0 Å². The second kappa shape index (κ2) is 9.79. The Morgan fingerprint density at radius 1 is 1.10 bits per heavy atom. The molecule has 0 aliphatic carbocycles. The minimum Gasteiger partial charge on any atom is -0.483 e. The van der Waals surface area contributed by atoms with Crippen molar-refractivity contribution >= 4 is 11.8 Å². The lowest BCUT2D eigenvalue weighted by Crippen LogP contribution is -2.12. The fourth-order valence-electron chi connectivity index (χ4n) is 3.15. The van der Waals surface area contributed by atoms with Gasteiger partial charge in [0.25, 0.3) is 0 Å². The number of allylic oxidation sites excluding steroid dienone is 1. The van der Waals surface area contributed by atoms with Crippen LogP contribution >= 0.6 is 11.8 Å². The van der Waals surface area contributed by atoms with E-state index in [-0.39, 0.29) is 6.10 Å². The minimum atomic E-state index is -0.208. The van der Waals surface area contributed by atoms with E-state index in [1.165, 1.54) is 16.7 Å². The number of benzene rings is 2. The number of rotatable bonds is 9. The molecule has 3 rings (SSSR count). The summed E-state index contributed by atoms with van der Waals surface area (Å²) in [5.41, 5.74) is 3.84. The van der Waals surface area contributed by atoms with E-state index in [0.29, 0.717) is 12.5 Å². The second-order valence-electron chi connectivity index (χ2n) is 7.50. The number of aryl methyl sites for hydroxylation is 1. The molecular weight excluding hydrogens is 378 g/mol. The molecular formula is C24H29N3OS. The van der Waals surface area contributed by atoms with Gasteiger partial charge in [0.15, 0.2) is 17.1 Å². The van der Waals surface area contributed by atoms with Gasteiger partial charge < -0.3 is 4.74 Å². The minimum absolute atomic E-state index is 0.208. The van der Waals surface area contributed by atoms with E-state index in [1.807, 2.05) is 25.1 Å². The van der Waals surface area contributed by atoms with E-state index in [1.54, 1.807) is 11.8 Å². The average Bonchev–Trinajstić information content (AvgIpc) is 3.10. The third-order valence-electron chi connectivity index (χ3n) is 4.73. The monoisotopic (exact) mass is 407 g/mol. The molecule has 4 nitrogen and oxygen atoms in total. The topological polar surface area (TPSA) is 39.9 Å². The lowest BCUT2D eigenvalue weighted by atomic mass is 10.0. The van der Waals surface area contributed by atoms with Crippen molar-refractivity contribution in [1.29, 1.82) is 0 Å². The van der Waals surface area contributed by atoms with Crippen LogP contribution in [0.3, 0.4) is 0 Å². The first-order valence-electron chi connectivity index (χ1n) is 9.97. The molecule has 0 aliphatic heterocycles. The Morgan fingerprint density at radius 2 is 1.86 bits per heavy atom. The van der Waals surface area contributed by atoms with E-state index in [0.717, 1.165) is 22.5 Å². The number of hydrogen-bond donors (Lipinski definition) is 0. The maximum absolute atomic E-state index is 6.15. The van der Waals surface area contributed by atoms with E-state index in [4.69, 9.17) is 4.74 Å². The van der Waals surface area contributed by atoms with Crippen LogP contribution in [0.25, 0.3) is 0 Å². The van der Waals surface area contributed by atoms with Crippen molar-refractivity contribution in [3.05, 3.63) is 83.7 Å². The molecule has 0 aliphatic rings. The van der Waals surface area contributed by atoms with Crippen molar-refractivity contribution in [3.63, 3.8) is 0 Å². The summed E-state index contributed by atoms with van der Waals surface area (Å²) in [6, 6.07) is 16.8. The summed E-state index contributed by atoms with van der Waals surface area (Å²) in [6.07, 6.45) is 1.66. The zero-order valence-electron chi connectivity index (χ0n) is 17.6. The van der Waals surface area contributed by atoms with Crippen molar-refractivity contribution in [3.8, 4) is 5.75 Å². The van der Waals surface area contributed by atoms with Gasteiger partial charge in [-0.15, -0.1) is 16.8 Å². The third-order valence-corrected chi connectivity index (χ3v) is 5.77. The van der Waals surface area contributed by atoms with Gasteiger partial charge in [0.1, 0.15) is 5.75 Å². The van der Waals surface area contributed by atoms with Gasteiger partial charge in [-0.05, 0) is 43.0 Å². The summed E-state index contributed by atoms with van der Waals surface area (Å²) >= 11 is 1.68. The summed E-state index contributed by atoms with van der Waals surface area (Å²) in [6.45, 7) is 13.0. The lowest BCUT2D eigenvalue weighted by Gasteiger charge is -2.16. The zero-order chi connectivity index (χ0) is 20.8. The third kappa shape index (κ3) is 5.51. The van der Waals surface area contributed by atoms with E-state index in [2.05, 4.69) is 78.5 Å². The smallest absolute Gasteiger partial charge is 0.191 e. The molecule has 5 heteroatoms. The van der Waals surface area contributed by atoms with Crippen LogP contribution in [0.15, 0.2) is 66.3 Å². The molecule has 1 heterocycles. The van der Waals surface area contributed by atoms with Gasteiger partial charge in [-0.25, -0.2) is 0 Å². The number of hydrogen-bond acceptors (Lipinski definition) is 4. The Hall–Kier alpha value is -2.53. The number of nitrogens with zero attached hydrogens (tertiary/aromatic N) is 3. The summed E-state index contributed by atoms with van der Waals surface area (Å²) in [7, 11) is 0. The standard InChI is InChI=1S/C24H29N3OS/c1-6-14-27-23(19(5)28-22-12-10-21(11-13-22)17(2)3)25-26-24(27)29-16-20-9-7-8-18(4)15-20/h6-13,15,17,19H,1,14,16H2,2-5H3. The van der Waals surface area contributed by atoms with Crippen molar-refractivity contribution in [2.24, 2.45) is 0 Å². The van der Waals surface area contributed by atoms with E-state index < -0.39 is 0 Å². The van der Waals surface area contributed by atoms with Crippen LogP contribution in [0.2, 0.25) is 0 Å². The molecule has 3 aromatic rings. The Bertz CT molecular complexity index is 947. The highest BCUT2D eigenvalue weighted by molar-refractivity contribution is 7.98. The van der Waals surface area contributed by atoms with Crippen LogP contribution in [0.1, 0.15) is 55.3 Å². The number of thioether (sulfide) groups is 1. The van der Waals surface area contributed by atoms with Gasteiger partial charge >= 0.3 is 0 Å². The Kier molecular flexibility index (Phi) is 7.15. The second-order valence-corrected chi connectivity index (χ2v) is 8.44. The average molecular weight is 408 g/mol. The molecule has 1 atom stereocenters. The summed E-state index contributed by atoms with van der Waals surface area (Å²) in [5, 5.41) is 9.73. The molecule has 0 N–H and O–H groups in total. The SMILES string of the molecule is C=CCn1c(SCc2cccc(C)c2)nnc1C(C)Oc1ccc(C(C)C)cc1. The molecule has 0 fully saturated rings. The zero-order valence-corrected chi connectivity index (χ0v) is 18.4. The van der Waals surface area contributed by atoms with Gasteiger partial charge in [-0.1, -0.05) is 73.6 Å². The first-order valence-corrected chi connectivity index (χ1v) is 11.0. The molecule has 0 saturated carbocycles. The molecule has 0 spiro atoms. The molecule has 1 aromatic heterocycles. The highest BCUT2D eigenvalue weighted by atomic mass is 32.2. The normalized spacial score (nSPS) is 12.2. The molecule has 0 bridgehead atoms. The van der Waals surface area contributed by atoms with Gasteiger partial charge in [-0.2, -0.15) is 0 Å². The van der Waals surface area contributed by atoms with Gasteiger partial charge in [0, 0.05) is 12.3 Å². The molecule has 2 aromatic carbocycles. The maximum Gasteiger partial charge on any atom is 0.191 e. The largest absolute Gasteiger partial charge is 0.483 e. The van der Waals surface area contributed by atoms with Crippen LogP contribution in [0.4, 0.5) is 0 Å². The highest BCUT2D eigenvalue weighted by Crippen LogP contribution is 2.27. The predicted octanol–water partition coefficient (Wildman–Crippen LogP) is 6.33. The quantitative estimate of drug-likeness (QED) is 0.307. The molecule has 152 valence electrons. The maximum atomic E-state index is 6.15. The van der Waals surface area contributed by atoms with Crippen LogP contribution in [-0.4, -0.2) is 14.8 Å². The van der Waals surface area contributed by atoms with Crippen LogP contribution < -0.4 is 4.74 Å². The summed E-state index contributed by atoms with van der Waals surface area (Å²) in [5.74, 6) is 3.00. The van der Waals surface area contributed by atoms with Gasteiger partial charge in [0.2, 0.25) is 0 Å². The van der Waals surface area contributed by atoms with Crippen molar-refractivity contribution in [1.82, 2.24) is 14.8 Å². The molecule has 0 saturated heterocycles. The van der Waals surface area contributed by atoms with Gasteiger partial charge in [0.05, 0.1) is 0 Å². The van der Waals surface area contributed by atoms with Crippen molar-refractivity contribution < 1.29 is 4.74 Å². The Balaban J connectivity index is 1.73. The number of aromatic nitrogens is 3. The first-order chi connectivity index (χ1) is 14.0. The van der Waals surface area contributed by atoms with Gasteiger partial charge in [-0.3, -0.25) is 4.57 Å². The first kappa shape index (κ1) is 21.2.